The minimum Gasteiger partial charge on any atom is -0.166 e. The lowest BCUT2D eigenvalue weighted by Crippen LogP contribution is -2.06. The van der Waals surface area contributed by atoms with Gasteiger partial charge < -0.3 is 0 Å². The molecule has 0 atom stereocenters. The van der Waals surface area contributed by atoms with Crippen molar-refractivity contribution in [2.45, 2.75) is 37.8 Å². The van der Waals surface area contributed by atoms with E-state index in [0.29, 0.717) is 0 Å². The summed E-state index contributed by atoms with van der Waals surface area (Å²) in [7, 11) is 0. The zero-order valence-corrected chi connectivity index (χ0v) is 8.27. The number of hydrogen-bond donors (Lipinski definition) is 0. The molecule has 0 spiro atoms. The van der Waals surface area contributed by atoms with Gasteiger partial charge in [0.15, 0.2) is 0 Å². The molecule has 0 aliphatic heterocycles. The van der Waals surface area contributed by atoms with Crippen LogP contribution < -0.4 is 0 Å². The first-order chi connectivity index (χ1) is 7.07. The molecule has 1 saturated carbocycles. The van der Waals surface area contributed by atoms with Crippen LogP contribution in [-0.2, 0) is 6.18 Å². The average Bonchev–Trinajstić information content (AvgIpc) is 2.69. The van der Waals surface area contributed by atoms with Gasteiger partial charge in [0.1, 0.15) is 0 Å². The molecule has 1 aliphatic rings. The van der Waals surface area contributed by atoms with Gasteiger partial charge >= 0.3 is 6.18 Å². The predicted molar refractivity (Wildman–Crippen MR) is 51.5 cm³/mol. The molecule has 2 rings (SSSR count). The first-order valence-corrected chi connectivity index (χ1v) is 5.16. The van der Waals surface area contributed by atoms with Crippen LogP contribution in [0, 0.1) is 6.07 Å². The molecule has 0 aromatic heterocycles. The van der Waals surface area contributed by atoms with Crippen LogP contribution in [0.3, 0.4) is 0 Å². The number of alkyl halides is 3. The van der Waals surface area contributed by atoms with Crippen molar-refractivity contribution in [3.63, 3.8) is 0 Å². The molecule has 0 bridgehead atoms. The maximum absolute atomic E-state index is 12.4. The zero-order valence-electron chi connectivity index (χ0n) is 8.27. The Morgan fingerprint density at radius 2 is 1.87 bits per heavy atom. The van der Waals surface area contributed by atoms with Gasteiger partial charge in [-0.1, -0.05) is 18.9 Å². The van der Waals surface area contributed by atoms with Crippen LogP contribution in [0.5, 0.6) is 0 Å². The van der Waals surface area contributed by atoms with Gasteiger partial charge in [-0.2, -0.15) is 13.2 Å². The highest BCUT2D eigenvalue weighted by molar-refractivity contribution is 5.27. The quantitative estimate of drug-likeness (QED) is 0.657. The first kappa shape index (κ1) is 10.5. The fraction of sp³-hybridized carbons (Fsp3) is 0.500. The highest BCUT2D eigenvalue weighted by Gasteiger charge is 2.31. The van der Waals surface area contributed by atoms with Crippen molar-refractivity contribution in [2.24, 2.45) is 0 Å². The van der Waals surface area contributed by atoms with Crippen LogP contribution in [0.15, 0.2) is 18.2 Å². The van der Waals surface area contributed by atoms with Gasteiger partial charge in [0.05, 0.1) is 5.56 Å². The van der Waals surface area contributed by atoms with Gasteiger partial charge in [0.2, 0.25) is 0 Å². The summed E-state index contributed by atoms with van der Waals surface area (Å²) in [5.41, 5.74) is 0.172. The van der Waals surface area contributed by atoms with Crippen molar-refractivity contribution in [3.8, 4) is 0 Å². The maximum atomic E-state index is 12.4. The topological polar surface area (TPSA) is 0 Å². The van der Waals surface area contributed by atoms with Crippen LogP contribution in [0.1, 0.15) is 42.7 Å². The van der Waals surface area contributed by atoms with Crippen LogP contribution in [0.2, 0.25) is 0 Å². The molecule has 0 unspecified atom stereocenters. The number of hydrogen-bond acceptors (Lipinski definition) is 0. The van der Waals surface area contributed by atoms with Crippen molar-refractivity contribution >= 4 is 0 Å². The highest BCUT2D eigenvalue weighted by atomic mass is 19.4. The Bertz CT molecular complexity index is 335. The highest BCUT2D eigenvalue weighted by Crippen LogP contribution is 2.36. The molecular formula is C12H12F3. The molecule has 0 nitrogen and oxygen atoms in total. The molecule has 1 radical (unpaired) electrons. The van der Waals surface area contributed by atoms with E-state index in [1.54, 1.807) is 0 Å². The second-order valence-electron chi connectivity index (χ2n) is 4.01. The van der Waals surface area contributed by atoms with Gasteiger partial charge in [-0.25, -0.2) is 0 Å². The minimum atomic E-state index is -4.23. The normalized spacial score (nSPS) is 18.3. The van der Waals surface area contributed by atoms with E-state index in [9.17, 15) is 13.2 Å². The smallest absolute Gasteiger partial charge is 0.166 e. The monoisotopic (exact) mass is 213 g/mol. The van der Waals surface area contributed by atoms with Crippen LogP contribution >= 0.6 is 0 Å². The average molecular weight is 213 g/mol. The Balaban J connectivity index is 2.26. The van der Waals surface area contributed by atoms with E-state index < -0.39 is 11.7 Å². The van der Waals surface area contributed by atoms with Crippen molar-refractivity contribution in [3.05, 3.63) is 35.4 Å². The van der Waals surface area contributed by atoms with Crippen LogP contribution in [-0.4, -0.2) is 0 Å². The molecule has 1 fully saturated rings. The zero-order chi connectivity index (χ0) is 10.9. The Morgan fingerprint density at radius 1 is 1.20 bits per heavy atom. The van der Waals surface area contributed by atoms with Crippen LogP contribution in [0.4, 0.5) is 13.2 Å². The molecule has 15 heavy (non-hydrogen) atoms. The lowest BCUT2D eigenvalue weighted by Gasteiger charge is -2.12. The Labute approximate surface area is 87.1 Å². The van der Waals surface area contributed by atoms with E-state index in [4.69, 9.17) is 0 Å². The largest absolute Gasteiger partial charge is 0.416 e. The fourth-order valence-corrected chi connectivity index (χ4v) is 2.13. The van der Waals surface area contributed by atoms with E-state index in [1.807, 2.05) is 0 Å². The first-order valence-electron chi connectivity index (χ1n) is 5.16. The van der Waals surface area contributed by atoms with Gasteiger partial charge in [-0.15, -0.1) is 0 Å². The van der Waals surface area contributed by atoms with Gasteiger partial charge in [-0.05, 0) is 42.5 Å². The standard InChI is InChI=1S/C12H12F3/c13-12(14,15)11-7-3-6-10(8-11)9-4-1-2-5-9/h3,7-9H,1-2,4-5H2. The Kier molecular flexibility index (Phi) is 2.72. The summed E-state index contributed by atoms with van der Waals surface area (Å²) in [6.07, 6.45) is 0.00157. The van der Waals surface area contributed by atoms with Crippen molar-refractivity contribution in [1.82, 2.24) is 0 Å². The third-order valence-corrected chi connectivity index (χ3v) is 2.95. The van der Waals surface area contributed by atoms with E-state index >= 15 is 0 Å². The fourth-order valence-electron chi connectivity index (χ4n) is 2.13. The molecule has 0 amide bonds. The van der Waals surface area contributed by atoms with E-state index in [1.165, 1.54) is 12.1 Å². The minimum absolute atomic E-state index is 0.285. The summed E-state index contributed by atoms with van der Waals surface area (Å²) in [6.45, 7) is 0. The third-order valence-electron chi connectivity index (χ3n) is 2.95. The summed E-state index contributed by atoms with van der Waals surface area (Å²) < 4.78 is 37.3. The summed E-state index contributed by atoms with van der Waals surface area (Å²) in [5, 5.41) is 0. The van der Waals surface area contributed by atoms with Crippen molar-refractivity contribution in [2.75, 3.05) is 0 Å². The summed E-state index contributed by atoms with van der Waals surface area (Å²) in [4.78, 5) is 0. The molecule has 3 heteroatoms. The van der Waals surface area contributed by atoms with E-state index in [-0.39, 0.29) is 5.92 Å². The molecule has 1 aromatic carbocycles. The molecule has 1 aliphatic carbocycles. The van der Waals surface area contributed by atoms with Crippen molar-refractivity contribution in [1.29, 1.82) is 0 Å². The van der Waals surface area contributed by atoms with E-state index in [0.717, 1.165) is 37.3 Å². The Morgan fingerprint density at radius 3 is 2.47 bits per heavy atom. The molecular weight excluding hydrogens is 201 g/mol. The lowest BCUT2D eigenvalue weighted by atomic mass is 9.96. The van der Waals surface area contributed by atoms with Crippen molar-refractivity contribution < 1.29 is 13.2 Å². The van der Waals surface area contributed by atoms with Crippen LogP contribution in [0.25, 0.3) is 0 Å². The summed E-state index contributed by atoms with van der Waals surface area (Å²) in [5.74, 6) is 0.285. The second kappa shape index (κ2) is 3.87. The second-order valence-corrected chi connectivity index (χ2v) is 4.01. The lowest BCUT2D eigenvalue weighted by molar-refractivity contribution is -0.137. The molecule has 0 saturated heterocycles. The molecule has 0 N–H and O–H groups in total. The number of benzene rings is 1. The Hall–Kier alpha value is -0.990. The van der Waals surface area contributed by atoms with Gasteiger partial charge in [0.25, 0.3) is 0 Å². The molecule has 0 heterocycles. The van der Waals surface area contributed by atoms with E-state index in [2.05, 4.69) is 6.07 Å². The van der Waals surface area contributed by atoms with Gasteiger partial charge in [0, 0.05) is 0 Å². The maximum Gasteiger partial charge on any atom is 0.416 e. The molecule has 81 valence electrons. The third kappa shape index (κ3) is 2.33. The summed E-state index contributed by atoms with van der Waals surface area (Å²) >= 11 is 0. The van der Waals surface area contributed by atoms with Gasteiger partial charge in [-0.3, -0.25) is 0 Å². The SMILES string of the molecule is FC(F)(F)c1cc[c]c(C2CCCC2)c1. The number of rotatable bonds is 1. The molecule has 1 aromatic rings. The summed E-state index contributed by atoms with van der Waals surface area (Å²) in [6, 6.07) is 6.64. The number of halogens is 3. The predicted octanol–water partition coefficient (Wildman–Crippen LogP) is 4.16.